The molecule has 1 aromatic heterocycles. The van der Waals surface area contributed by atoms with Gasteiger partial charge in [-0.25, -0.2) is 5.10 Å². The molecule has 0 spiro atoms. The quantitative estimate of drug-likeness (QED) is 0.687. The van der Waals surface area contributed by atoms with Crippen LogP contribution in [0.2, 0.25) is 0 Å². The van der Waals surface area contributed by atoms with Crippen LogP contribution in [0.5, 0.6) is 0 Å². The molecule has 1 aliphatic rings. The largest absolute Gasteiger partial charge is 0.383 e. The summed E-state index contributed by atoms with van der Waals surface area (Å²) >= 11 is 0. The van der Waals surface area contributed by atoms with Crippen LogP contribution in [0.3, 0.4) is 0 Å². The van der Waals surface area contributed by atoms with E-state index in [0.29, 0.717) is 5.82 Å². The number of rotatable bonds is 2. The Bertz CT molecular complexity index is 305. The normalized spacial score (nSPS) is 23.4. The molecule has 1 heterocycles. The summed E-state index contributed by atoms with van der Waals surface area (Å²) in [5, 5.41) is 23.5. The van der Waals surface area contributed by atoms with E-state index in [1.165, 1.54) is 19.3 Å². The first kappa shape index (κ1) is 11.5. The SMILES string of the molecule is NC1(C(O)c2nnn[nH]2)CCCCCCC1. The van der Waals surface area contributed by atoms with Gasteiger partial charge in [0.25, 0.3) is 0 Å². The van der Waals surface area contributed by atoms with Crippen molar-refractivity contribution >= 4 is 0 Å². The molecule has 1 unspecified atom stereocenters. The third kappa shape index (κ3) is 2.38. The molecule has 2 rings (SSSR count). The number of nitrogens with zero attached hydrogens (tertiary/aromatic N) is 3. The number of nitrogens with one attached hydrogen (secondary N) is 1. The molecule has 0 bridgehead atoms. The number of tetrazole rings is 1. The van der Waals surface area contributed by atoms with Gasteiger partial charge in [0.05, 0.1) is 0 Å². The van der Waals surface area contributed by atoms with Crippen molar-refractivity contribution in [3.8, 4) is 0 Å². The van der Waals surface area contributed by atoms with Gasteiger partial charge in [0.2, 0.25) is 0 Å². The summed E-state index contributed by atoms with van der Waals surface area (Å²) < 4.78 is 0. The van der Waals surface area contributed by atoms with Crippen molar-refractivity contribution in [2.75, 3.05) is 0 Å². The van der Waals surface area contributed by atoms with Crippen molar-refractivity contribution in [3.05, 3.63) is 5.82 Å². The first-order valence-corrected chi connectivity index (χ1v) is 5.93. The van der Waals surface area contributed by atoms with Crippen molar-refractivity contribution in [1.29, 1.82) is 0 Å². The van der Waals surface area contributed by atoms with Crippen molar-refractivity contribution in [1.82, 2.24) is 20.6 Å². The minimum atomic E-state index is -0.791. The van der Waals surface area contributed by atoms with Gasteiger partial charge >= 0.3 is 0 Å². The number of aromatic amines is 1. The molecule has 4 N–H and O–H groups in total. The number of hydrogen-bond acceptors (Lipinski definition) is 5. The van der Waals surface area contributed by atoms with Gasteiger partial charge in [-0.1, -0.05) is 32.1 Å². The molecular weight excluding hydrogens is 206 g/mol. The average Bonchev–Trinajstić information content (AvgIpc) is 2.76. The fourth-order valence-electron chi connectivity index (χ4n) is 2.39. The molecule has 0 aliphatic heterocycles. The second-order valence-corrected chi connectivity index (χ2v) is 4.69. The van der Waals surface area contributed by atoms with Gasteiger partial charge in [-0.2, -0.15) is 0 Å². The monoisotopic (exact) mass is 225 g/mol. The molecule has 6 nitrogen and oxygen atoms in total. The van der Waals surface area contributed by atoms with Crippen LogP contribution in [0.1, 0.15) is 56.9 Å². The van der Waals surface area contributed by atoms with E-state index in [1.54, 1.807) is 0 Å². The summed E-state index contributed by atoms with van der Waals surface area (Å²) in [6, 6.07) is 0. The van der Waals surface area contributed by atoms with Crippen molar-refractivity contribution in [2.24, 2.45) is 5.73 Å². The molecule has 16 heavy (non-hydrogen) atoms. The zero-order chi connectivity index (χ0) is 11.4. The highest BCUT2D eigenvalue weighted by Crippen LogP contribution is 2.33. The predicted octanol–water partition coefficient (Wildman–Crippen LogP) is 0.675. The number of nitrogens with two attached hydrogens (primary N) is 1. The van der Waals surface area contributed by atoms with E-state index in [9.17, 15) is 5.11 Å². The Morgan fingerprint density at radius 2 is 1.81 bits per heavy atom. The van der Waals surface area contributed by atoms with Gasteiger partial charge in [0.1, 0.15) is 6.10 Å². The van der Waals surface area contributed by atoms with Crippen LogP contribution < -0.4 is 5.73 Å². The molecule has 0 saturated heterocycles. The number of H-pyrrole nitrogens is 1. The van der Waals surface area contributed by atoms with E-state index in [-0.39, 0.29) is 0 Å². The van der Waals surface area contributed by atoms with Crippen LogP contribution in [0.15, 0.2) is 0 Å². The summed E-state index contributed by atoms with van der Waals surface area (Å²) in [5.41, 5.74) is 5.72. The van der Waals surface area contributed by atoms with Crippen molar-refractivity contribution in [2.45, 2.75) is 56.6 Å². The highest BCUT2D eigenvalue weighted by atomic mass is 16.3. The number of aromatic nitrogens is 4. The number of aliphatic hydroxyl groups is 1. The Balaban J connectivity index is 2.09. The minimum Gasteiger partial charge on any atom is -0.383 e. The topological polar surface area (TPSA) is 101 Å². The Morgan fingerprint density at radius 3 is 2.38 bits per heavy atom. The van der Waals surface area contributed by atoms with Gasteiger partial charge in [-0.3, -0.25) is 0 Å². The Labute approximate surface area is 94.6 Å². The average molecular weight is 225 g/mol. The Kier molecular flexibility index (Phi) is 3.50. The van der Waals surface area contributed by atoms with Gasteiger partial charge in [-0.05, 0) is 23.3 Å². The van der Waals surface area contributed by atoms with Crippen LogP contribution in [-0.2, 0) is 0 Å². The maximum Gasteiger partial charge on any atom is 0.179 e. The van der Waals surface area contributed by atoms with E-state index in [1.807, 2.05) is 0 Å². The van der Waals surface area contributed by atoms with Crippen LogP contribution in [0, 0.1) is 0 Å². The maximum absolute atomic E-state index is 10.2. The van der Waals surface area contributed by atoms with Gasteiger partial charge in [0, 0.05) is 5.54 Å². The third-order valence-corrected chi connectivity index (χ3v) is 3.45. The molecule has 1 saturated carbocycles. The van der Waals surface area contributed by atoms with E-state index < -0.39 is 11.6 Å². The molecule has 1 aromatic rings. The lowest BCUT2D eigenvalue weighted by atomic mass is 9.80. The zero-order valence-corrected chi connectivity index (χ0v) is 9.39. The number of hydrogen-bond donors (Lipinski definition) is 3. The molecule has 1 aliphatic carbocycles. The predicted molar refractivity (Wildman–Crippen MR) is 58.4 cm³/mol. The molecule has 90 valence electrons. The Hall–Kier alpha value is -1.01. The summed E-state index contributed by atoms with van der Waals surface area (Å²) in [6.07, 6.45) is 6.66. The summed E-state index contributed by atoms with van der Waals surface area (Å²) in [5.74, 6) is 0.378. The lowest BCUT2D eigenvalue weighted by molar-refractivity contribution is 0.0584. The smallest absolute Gasteiger partial charge is 0.179 e. The second kappa shape index (κ2) is 4.88. The van der Waals surface area contributed by atoms with Crippen molar-refractivity contribution in [3.63, 3.8) is 0 Å². The van der Waals surface area contributed by atoms with Gasteiger partial charge in [0.15, 0.2) is 5.82 Å². The lowest BCUT2D eigenvalue weighted by Gasteiger charge is -2.34. The number of aliphatic hydroxyl groups excluding tert-OH is 1. The molecule has 0 aromatic carbocycles. The van der Waals surface area contributed by atoms with Gasteiger partial charge < -0.3 is 10.8 Å². The van der Waals surface area contributed by atoms with Crippen molar-refractivity contribution < 1.29 is 5.11 Å². The fourth-order valence-corrected chi connectivity index (χ4v) is 2.39. The maximum atomic E-state index is 10.2. The van der Waals surface area contributed by atoms with Crippen LogP contribution in [0.4, 0.5) is 0 Å². The molecule has 1 atom stereocenters. The van der Waals surface area contributed by atoms with E-state index in [4.69, 9.17) is 5.73 Å². The first-order valence-electron chi connectivity index (χ1n) is 5.93. The van der Waals surface area contributed by atoms with E-state index in [2.05, 4.69) is 20.6 Å². The molecule has 1 fully saturated rings. The highest BCUT2D eigenvalue weighted by Gasteiger charge is 2.36. The van der Waals surface area contributed by atoms with Crippen LogP contribution >= 0.6 is 0 Å². The van der Waals surface area contributed by atoms with Crippen LogP contribution in [-0.4, -0.2) is 31.3 Å². The lowest BCUT2D eigenvalue weighted by Crippen LogP contribution is -2.46. The third-order valence-electron chi connectivity index (χ3n) is 3.45. The fraction of sp³-hybridized carbons (Fsp3) is 0.900. The second-order valence-electron chi connectivity index (χ2n) is 4.69. The van der Waals surface area contributed by atoms with Gasteiger partial charge in [-0.15, -0.1) is 5.10 Å². The first-order chi connectivity index (χ1) is 7.72. The van der Waals surface area contributed by atoms with E-state index in [0.717, 1.165) is 25.7 Å². The molecule has 6 heteroatoms. The van der Waals surface area contributed by atoms with E-state index >= 15 is 0 Å². The molecule has 0 radical (unpaired) electrons. The summed E-state index contributed by atoms with van der Waals surface area (Å²) in [6.45, 7) is 0. The standard InChI is InChI=1S/C10H19N5O/c11-10(6-4-2-1-3-5-7-10)8(16)9-12-14-15-13-9/h8,16H,1-7,11H2,(H,12,13,14,15). The van der Waals surface area contributed by atoms with Crippen LogP contribution in [0.25, 0.3) is 0 Å². The summed E-state index contributed by atoms with van der Waals surface area (Å²) in [4.78, 5) is 0. The minimum absolute atomic E-state index is 0.378. The molecule has 0 amide bonds. The molecular formula is C10H19N5O. The Morgan fingerprint density at radius 1 is 1.19 bits per heavy atom. The zero-order valence-electron chi connectivity index (χ0n) is 9.39. The highest BCUT2D eigenvalue weighted by molar-refractivity contribution is 5.01. The summed E-state index contributed by atoms with van der Waals surface area (Å²) in [7, 11) is 0.